The summed E-state index contributed by atoms with van der Waals surface area (Å²) in [6, 6.07) is 32.1. The minimum absolute atomic E-state index is 0.0286. The summed E-state index contributed by atoms with van der Waals surface area (Å²) in [5.41, 5.74) is -1.10. The molecule has 1 unspecified atom stereocenters. The van der Waals surface area contributed by atoms with Crippen LogP contribution in [0, 0.1) is 40.4 Å². The number of hydrogen-bond acceptors (Lipinski definition) is 6. The predicted molar refractivity (Wildman–Crippen MR) is 226 cm³/mol. The largest absolute Gasteiger partial charge is 0.415 e. The minimum Gasteiger partial charge on any atom is -0.410 e. The number of amides is 1. The van der Waals surface area contributed by atoms with Crippen LogP contribution in [0.3, 0.4) is 0 Å². The molecule has 0 saturated heterocycles. The molecule has 0 aliphatic heterocycles. The molecule has 7 heteroatoms. The molecule has 1 aromatic heterocycles. The fourth-order valence-electron chi connectivity index (χ4n) is 12.8. The van der Waals surface area contributed by atoms with Crippen LogP contribution in [0.15, 0.2) is 121 Å². The van der Waals surface area contributed by atoms with Crippen LogP contribution in [0.1, 0.15) is 78.9 Å². The Morgan fingerprint density at radius 1 is 0.807 bits per heavy atom. The Bertz CT molecular complexity index is 2510. The third kappa shape index (κ3) is 5.34. The molecule has 0 radical (unpaired) electrons. The van der Waals surface area contributed by atoms with E-state index in [1.54, 1.807) is 16.2 Å². The van der Waals surface area contributed by atoms with Gasteiger partial charge in [0.25, 0.3) is 0 Å². The van der Waals surface area contributed by atoms with Crippen molar-refractivity contribution in [3.63, 3.8) is 0 Å². The van der Waals surface area contributed by atoms with Crippen LogP contribution in [0.4, 0.5) is 4.79 Å². The fraction of sp³-hybridized carbons (Fsp3) is 0.400. The van der Waals surface area contributed by atoms with Gasteiger partial charge in [0.2, 0.25) is 0 Å². The number of hydrogen-bond donors (Lipinski definition) is 2. The minimum atomic E-state index is -1.25. The number of rotatable bonds is 7. The lowest BCUT2D eigenvalue weighted by atomic mass is 9.32. The van der Waals surface area contributed by atoms with Crippen molar-refractivity contribution in [3.05, 3.63) is 136 Å². The molecule has 11 rings (SSSR count). The number of carbonyl (C=O) groups is 2. The number of aliphatic hydroxyl groups is 2. The van der Waals surface area contributed by atoms with E-state index in [4.69, 9.17) is 4.74 Å². The number of thiophene rings is 1. The summed E-state index contributed by atoms with van der Waals surface area (Å²) in [6.07, 6.45) is 11.2. The highest BCUT2D eigenvalue weighted by molar-refractivity contribution is 7.14. The van der Waals surface area contributed by atoms with Crippen LogP contribution < -0.4 is 4.74 Å². The highest BCUT2D eigenvalue weighted by Crippen LogP contribution is 2.78. The molecule has 6 nitrogen and oxygen atoms in total. The molecule has 3 saturated carbocycles. The summed E-state index contributed by atoms with van der Waals surface area (Å²) in [6.45, 7) is 7.06. The first-order valence-electron chi connectivity index (χ1n) is 20.8. The lowest BCUT2D eigenvalue weighted by Gasteiger charge is -2.71. The van der Waals surface area contributed by atoms with Crippen LogP contribution in [0.2, 0.25) is 0 Å². The van der Waals surface area contributed by atoms with Crippen LogP contribution in [0.5, 0.6) is 5.75 Å². The molecule has 1 heterocycles. The van der Waals surface area contributed by atoms with Gasteiger partial charge >= 0.3 is 6.09 Å². The molecule has 3 fully saturated rings. The second-order valence-corrected chi connectivity index (χ2v) is 19.7. The van der Waals surface area contributed by atoms with Crippen molar-refractivity contribution >= 4 is 44.8 Å². The Labute approximate surface area is 338 Å². The first-order chi connectivity index (χ1) is 27.4. The van der Waals surface area contributed by atoms with Gasteiger partial charge in [-0.3, -0.25) is 4.79 Å². The zero-order valence-corrected chi connectivity index (χ0v) is 33.9. The monoisotopic (exact) mass is 777 g/mol. The van der Waals surface area contributed by atoms with E-state index >= 15 is 0 Å². The van der Waals surface area contributed by atoms with Gasteiger partial charge in [-0.1, -0.05) is 105 Å². The first kappa shape index (κ1) is 36.8. The van der Waals surface area contributed by atoms with Crippen LogP contribution >= 0.6 is 11.3 Å². The highest BCUT2D eigenvalue weighted by atomic mass is 32.1. The van der Waals surface area contributed by atoms with Crippen molar-refractivity contribution in [1.82, 2.24) is 4.90 Å². The molecule has 5 aromatic rings. The normalized spacial score (nSPS) is 33.7. The third-order valence-corrected chi connectivity index (χ3v) is 16.8. The number of benzene rings is 4. The summed E-state index contributed by atoms with van der Waals surface area (Å²) in [5, 5.41) is 28.6. The average Bonchev–Trinajstić information content (AvgIpc) is 3.76. The van der Waals surface area contributed by atoms with Gasteiger partial charge in [0.1, 0.15) is 5.75 Å². The number of ether oxygens (including phenoxy) is 1. The third-order valence-electron chi connectivity index (χ3n) is 15.8. The summed E-state index contributed by atoms with van der Waals surface area (Å²) in [4.78, 5) is 33.1. The summed E-state index contributed by atoms with van der Waals surface area (Å²) in [5.74, 6) is 0.710. The molecule has 8 atom stereocenters. The smallest absolute Gasteiger partial charge is 0.410 e. The molecule has 2 bridgehead atoms. The first-order valence-corrected chi connectivity index (χ1v) is 21.6. The lowest BCUT2D eigenvalue weighted by Crippen LogP contribution is -2.67. The van der Waals surface area contributed by atoms with Crippen molar-refractivity contribution in [3.8, 4) is 5.75 Å². The lowest BCUT2D eigenvalue weighted by molar-refractivity contribution is -0.175. The van der Waals surface area contributed by atoms with Gasteiger partial charge < -0.3 is 19.8 Å². The average molecular weight is 778 g/mol. The Hall–Kier alpha value is -4.56. The van der Waals surface area contributed by atoms with Crippen molar-refractivity contribution in [2.45, 2.75) is 84.0 Å². The Kier molecular flexibility index (Phi) is 8.37. The topological polar surface area (TPSA) is 87.1 Å². The zero-order valence-electron chi connectivity index (χ0n) is 33.0. The van der Waals surface area contributed by atoms with Crippen LogP contribution in [-0.2, 0) is 6.54 Å². The predicted octanol–water partition coefficient (Wildman–Crippen LogP) is 10.8. The van der Waals surface area contributed by atoms with E-state index in [0.717, 1.165) is 74.5 Å². The maximum absolute atomic E-state index is 14.9. The van der Waals surface area contributed by atoms with Gasteiger partial charge in [-0.2, -0.15) is 0 Å². The van der Waals surface area contributed by atoms with Gasteiger partial charge in [-0.15, -0.1) is 11.3 Å². The van der Waals surface area contributed by atoms with Gasteiger partial charge in [0.15, 0.2) is 5.78 Å². The second kappa shape index (κ2) is 13.0. The van der Waals surface area contributed by atoms with Crippen molar-refractivity contribution in [2.75, 3.05) is 6.54 Å². The number of allylic oxidation sites excluding steroid dienone is 4. The molecule has 1 amide bonds. The molecule has 6 aliphatic carbocycles. The zero-order chi connectivity index (χ0) is 39.4. The van der Waals surface area contributed by atoms with Gasteiger partial charge in [-0.25, -0.2) is 4.79 Å². The van der Waals surface area contributed by atoms with Crippen molar-refractivity contribution in [1.29, 1.82) is 0 Å². The fourth-order valence-corrected chi connectivity index (χ4v) is 13.6. The van der Waals surface area contributed by atoms with E-state index < -0.39 is 34.0 Å². The number of carbonyl (C=O) groups excluding carboxylic acids is 2. The number of fused-ring (bicyclic) bond motifs is 3. The number of ketones is 1. The Morgan fingerprint density at radius 2 is 1.53 bits per heavy atom. The standard InChI is InChI=1S/C50H51NO5S/c1-32-15-18-41(57-32)44(53)40-29-48-25-26-50(40)42(46(48,2)22-19-37(52)28-48)20-23-47(3)43(50)21-24-49(47,55)31-51(30-36-13-8-12-34-10-6-7-14-39(34)36)45(54)56-38-17-16-33-9-4-5-11-35(33)27-38/h4-18,25-27,29,37,42-43,52,55H,19-24,28,30-31H2,1-3H3/t37?,42-,43-,46-,47+,48+,49-,50-/m1/s1. The maximum Gasteiger partial charge on any atom is 0.415 e. The summed E-state index contributed by atoms with van der Waals surface area (Å²) in [7, 11) is 0. The Balaban J connectivity index is 1.04. The van der Waals surface area contributed by atoms with Gasteiger partial charge in [0.05, 0.1) is 23.1 Å². The molecular formula is C50H51NO5S. The second-order valence-electron chi connectivity index (χ2n) is 18.4. The SMILES string of the molecule is Cc1ccc(C(=O)C2=C[C@@]34C=C[C@@]25[C@@H]2CC[C@@](O)(CN(Cc6cccc7ccccc67)C(=O)Oc6ccc7ccccc7c6)[C@@]2(C)CC[C@@H]5[C@@]3(C)CCC(O)C4)s1. The Morgan fingerprint density at radius 3 is 2.33 bits per heavy atom. The van der Waals surface area contributed by atoms with E-state index in [-0.39, 0.29) is 36.1 Å². The maximum atomic E-state index is 14.9. The molecule has 6 aliphatic rings. The number of Topliss-reactive ketones (excluding diaryl/α,β-unsaturated/α-hetero) is 1. The summed E-state index contributed by atoms with van der Waals surface area (Å²) >= 11 is 1.55. The van der Waals surface area contributed by atoms with E-state index in [1.165, 1.54) is 0 Å². The van der Waals surface area contributed by atoms with E-state index in [1.807, 2.05) is 79.7 Å². The van der Waals surface area contributed by atoms with E-state index in [0.29, 0.717) is 18.6 Å². The molecule has 2 N–H and O–H groups in total. The van der Waals surface area contributed by atoms with Gasteiger partial charge in [-0.05, 0) is 120 Å². The van der Waals surface area contributed by atoms with E-state index in [2.05, 4.69) is 56.3 Å². The van der Waals surface area contributed by atoms with Crippen LogP contribution in [0.25, 0.3) is 21.5 Å². The van der Waals surface area contributed by atoms with Gasteiger partial charge in [0, 0.05) is 33.2 Å². The van der Waals surface area contributed by atoms with Crippen LogP contribution in [-0.4, -0.2) is 45.2 Å². The molecular weight excluding hydrogens is 727 g/mol. The highest BCUT2D eigenvalue weighted by Gasteiger charge is 2.74. The molecule has 292 valence electrons. The molecule has 4 aromatic carbocycles. The number of aliphatic hydroxyl groups excluding tert-OH is 1. The quantitative estimate of drug-likeness (QED) is 0.127. The number of aryl methyl sites for hydroxylation is 1. The molecule has 2 spiro atoms. The summed E-state index contributed by atoms with van der Waals surface area (Å²) < 4.78 is 6.20. The van der Waals surface area contributed by atoms with E-state index in [9.17, 15) is 19.8 Å². The van der Waals surface area contributed by atoms with Crippen molar-refractivity contribution in [2.24, 2.45) is 33.5 Å². The van der Waals surface area contributed by atoms with Crippen molar-refractivity contribution < 1.29 is 24.5 Å². The molecule has 57 heavy (non-hydrogen) atoms. The number of nitrogens with zero attached hydrogens (tertiary/aromatic N) is 1.